The largest absolute Gasteiger partial charge is 0.496 e. The lowest BCUT2D eigenvalue weighted by Crippen LogP contribution is -2.29. The molecule has 1 N–H and O–H groups in total. The smallest absolute Gasteiger partial charge is 0.345 e. The normalized spacial score (nSPS) is 11.7. The summed E-state index contributed by atoms with van der Waals surface area (Å²) in [7, 11) is 1.55. The molecule has 0 amide bonds. The number of ether oxygens (including phenoxy) is 2. The molecule has 0 aliphatic rings. The number of carboxylic acid groups (broad SMARTS) is 1. The summed E-state index contributed by atoms with van der Waals surface area (Å²) in [5.74, 6) is -0.0752. The van der Waals surface area contributed by atoms with E-state index < -0.39 is 12.1 Å². The van der Waals surface area contributed by atoms with Crippen LogP contribution in [0.3, 0.4) is 0 Å². The summed E-state index contributed by atoms with van der Waals surface area (Å²) in [5, 5.41) is 9.72. The Bertz CT molecular complexity index is 627. The average Bonchev–Trinajstić information content (AvgIpc) is 2.49. The highest BCUT2D eigenvalue weighted by atomic mass is 35.5. The molecule has 0 aliphatic carbocycles. The maximum absolute atomic E-state index is 11.4. The molecule has 0 saturated heterocycles. The first kappa shape index (κ1) is 15.2. The molecule has 0 spiro atoms. The third-order valence-electron chi connectivity index (χ3n) is 2.98. The topological polar surface area (TPSA) is 55.8 Å². The SMILES string of the molecule is COc1ccccc1CC(Oc1ccccc1Cl)C(=O)O. The molecule has 2 aromatic rings. The van der Waals surface area contributed by atoms with Crippen LogP contribution in [0.2, 0.25) is 5.02 Å². The van der Waals surface area contributed by atoms with Gasteiger partial charge in [0.15, 0.2) is 6.10 Å². The van der Waals surface area contributed by atoms with Gasteiger partial charge < -0.3 is 14.6 Å². The molecule has 1 atom stereocenters. The summed E-state index contributed by atoms with van der Waals surface area (Å²) in [6.07, 6.45) is -0.855. The van der Waals surface area contributed by atoms with Crippen molar-refractivity contribution in [2.45, 2.75) is 12.5 Å². The van der Waals surface area contributed by atoms with Gasteiger partial charge in [-0.2, -0.15) is 0 Å². The molecule has 21 heavy (non-hydrogen) atoms. The van der Waals surface area contributed by atoms with E-state index >= 15 is 0 Å². The van der Waals surface area contributed by atoms with E-state index in [9.17, 15) is 9.90 Å². The Morgan fingerprint density at radius 2 is 1.76 bits per heavy atom. The summed E-state index contributed by atoms with van der Waals surface area (Å²) in [4.78, 5) is 11.4. The highest BCUT2D eigenvalue weighted by molar-refractivity contribution is 6.32. The number of hydrogen-bond acceptors (Lipinski definition) is 3. The summed E-state index contributed by atoms with van der Waals surface area (Å²) in [6, 6.07) is 14.0. The lowest BCUT2D eigenvalue weighted by Gasteiger charge is -2.17. The monoisotopic (exact) mass is 306 g/mol. The standard InChI is InChI=1S/C16H15ClO4/c1-20-13-8-4-2-6-11(13)10-15(16(18)19)21-14-9-5-3-7-12(14)17/h2-9,15H,10H2,1H3,(H,18,19). The Balaban J connectivity index is 2.20. The summed E-state index contributed by atoms with van der Waals surface area (Å²) < 4.78 is 10.7. The van der Waals surface area contributed by atoms with Gasteiger partial charge in [0.2, 0.25) is 0 Å². The quantitative estimate of drug-likeness (QED) is 0.888. The van der Waals surface area contributed by atoms with Crippen LogP contribution in [0.25, 0.3) is 0 Å². The van der Waals surface area contributed by atoms with Crippen LogP contribution in [0, 0.1) is 0 Å². The number of rotatable bonds is 6. The van der Waals surface area contributed by atoms with Gasteiger partial charge in [-0.1, -0.05) is 41.9 Å². The molecule has 2 rings (SSSR count). The van der Waals surface area contributed by atoms with Crippen LogP contribution in [0.1, 0.15) is 5.56 Å². The molecule has 0 aromatic heterocycles. The zero-order valence-electron chi connectivity index (χ0n) is 11.5. The number of para-hydroxylation sites is 2. The molecule has 0 aliphatic heterocycles. The first-order valence-electron chi connectivity index (χ1n) is 6.37. The van der Waals surface area contributed by atoms with E-state index in [1.807, 2.05) is 18.2 Å². The average molecular weight is 307 g/mol. The van der Waals surface area contributed by atoms with Gasteiger partial charge in [-0.15, -0.1) is 0 Å². The maximum Gasteiger partial charge on any atom is 0.345 e. The van der Waals surface area contributed by atoms with E-state index in [0.29, 0.717) is 16.5 Å². The van der Waals surface area contributed by atoms with Crippen molar-refractivity contribution in [2.24, 2.45) is 0 Å². The molecule has 0 heterocycles. The van der Waals surface area contributed by atoms with E-state index in [1.54, 1.807) is 37.4 Å². The molecule has 110 valence electrons. The number of aliphatic carboxylic acids is 1. The molecular weight excluding hydrogens is 292 g/mol. The lowest BCUT2D eigenvalue weighted by molar-refractivity contribution is -0.145. The first-order valence-corrected chi connectivity index (χ1v) is 6.75. The second-order valence-corrected chi connectivity index (χ2v) is 4.80. The minimum atomic E-state index is -1.05. The highest BCUT2D eigenvalue weighted by Gasteiger charge is 2.22. The third kappa shape index (κ3) is 3.89. The number of carbonyl (C=O) groups is 1. The van der Waals surface area contributed by atoms with Crippen molar-refractivity contribution in [3.63, 3.8) is 0 Å². The van der Waals surface area contributed by atoms with E-state index in [2.05, 4.69) is 0 Å². The van der Waals surface area contributed by atoms with Crippen LogP contribution >= 0.6 is 11.6 Å². The third-order valence-corrected chi connectivity index (χ3v) is 3.29. The van der Waals surface area contributed by atoms with Crippen LogP contribution in [-0.4, -0.2) is 24.3 Å². The zero-order valence-corrected chi connectivity index (χ0v) is 12.2. The van der Waals surface area contributed by atoms with Gasteiger partial charge in [-0.3, -0.25) is 0 Å². The number of halogens is 1. The van der Waals surface area contributed by atoms with Crippen molar-refractivity contribution >= 4 is 17.6 Å². The number of methoxy groups -OCH3 is 1. The molecule has 0 bridgehead atoms. The van der Waals surface area contributed by atoms with Gasteiger partial charge in [0, 0.05) is 6.42 Å². The number of benzene rings is 2. The molecular formula is C16H15ClO4. The summed E-state index contributed by atoms with van der Waals surface area (Å²) >= 11 is 5.99. The minimum absolute atomic E-state index is 0.185. The van der Waals surface area contributed by atoms with Crippen LogP contribution in [0.15, 0.2) is 48.5 Å². The number of carboxylic acids is 1. The summed E-state index contributed by atoms with van der Waals surface area (Å²) in [6.45, 7) is 0. The number of hydrogen-bond donors (Lipinski definition) is 1. The van der Waals surface area contributed by atoms with Crippen LogP contribution in [-0.2, 0) is 11.2 Å². The Hall–Kier alpha value is -2.20. The molecule has 2 aromatic carbocycles. The van der Waals surface area contributed by atoms with Crippen molar-refractivity contribution in [1.82, 2.24) is 0 Å². The van der Waals surface area contributed by atoms with Crippen molar-refractivity contribution in [3.05, 3.63) is 59.1 Å². The van der Waals surface area contributed by atoms with Crippen molar-refractivity contribution in [1.29, 1.82) is 0 Å². The van der Waals surface area contributed by atoms with Crippen LogP contribution in [0.4, 0.5) is 0 Å². The summed E-state index contributed by atoms with van der Waals surface area (Å²) in [5.41, 5.74) is 0.763. The Labute approximate surface area is 127 Å². The van der Waals surface area contributed by atoms with Crippen LogP contribution < -0.4 is 9.47 Å². The molecule has 0 saturated carbocycles. The fourth-order valence-electron chi connectivity index (χ4n) is 1.94. The predicted octanol–water partition coefficient (Wildman–Crippen LogP) is 3.42. The van der Waals surface area contributed by atoms with Gasteiger partial charge in [0.1, 0.15) is 11.5 Å². The molecule has 1 unspecified atom stereocenters. The van der Waals surface area contributed by atoms with Gasteiger partial charge in [0.05, 0.1) is 12.1 Å². The molecule has 5 heteroatoms. The van der Waals surface area contributed by atoms with E-state index in [-0.39, 0.29) is 6.42 Å². The fourth-order valence-corrected chi connectivity index (χ4v) is 2.12. The maximum atomic E-state index is 11.4. The highest BCUT2D eigenvalue weighted by Crippen LogP contribution is 2.26. The minimum Gasteiger partial charge on any atom is -0.496 e. The Kier molecular flexibility index (Phi) is 5.06. The van der Waals surface area contributed by atoms with Crippen molar-refractivity contribution in [2.75, 3.05) is 7.11 Å². The molecule has 4 nitrogen and oxygen atoms in total. The van der Waals surface area contributed by atoms with Crippen molar-refractivity contribution in [3.8, 4) is 11.5 Å². The second-order valence-electron chi connectivity index (χ2n) is 4.39. The van der Waals surface area contributed by atoms with Gasteiger partial charge in [-0.05, 0) is 23.8 Å². The van der Waals surface area contributed by atoms with E-state index in [4.69, 9.17) is 21.1 Å². The predicted molar refractivity (Wildman–Crippen MR) is 80.2 cm³/mol. The van der Waals surface area contributed by atoms with Gasteiger partial charge >= 0.3 is 5.97 Å². The van der Waals surface area contributed by atoms with E-state index in [0.717, 1.165) is 5.56 Å². The van der Waals surface area contributed by atoms with Crippen molar-refractivity contribution < 1.29 is 19.4 Å². The van der Waals surface area contributed by atoms with Gasteiger partial charge in [0.25, 0.3) is 0 Å². The molecule has 0 fully saturated rings. The second kappa shape index (κ2) is 6.99. The van der Waals surface area contributed by atoms with Crippen LogP contribution in [0.5, 0.6) is 11.5 Å². The lowest BCUT2D eigenvalue weighted by atomic mass is 10.1. The first-order chi connectivity index (χ1) is 10.1. The fraction of sp³-hybridized carbons (Fsp3) is 0.188. The Morgan fingerprint density at radius 3 is 2.38 bits per heavy atom. The zero-order chi connectivity index (χ0) is 15.2. The molecule has 0 radical (unpaired) electrons. The Morgan fingerprint density at radius 1 is 1.14 bits per heavy atom. The van der Waals surface area contributed by atoms with Gasteiger partial charge in [-0.25, -0.2) is 4.79 Å². The van der Waals surface area contributed by atoms with E-state index in [1.165, 1.54) is 0 Å².